The van der Waals surface area contributed by atoms with Gasteiger partial charge in [0, 0.05) is 19.2 Å². The Labute approximate surface area is 112 Å². The fourth-order valence-electron chi connectivity index (χ4n) is 1.93. The second kappa shape index (κ2) is 5.61. The highest BCUT2D eigenvalue weighted by molar-refractivity contribution is 5.94. The van der Waals surface area contributed by atoms with Crippen LogP contribution in [0.4, 0.5) is 0 Å². The Balaban J connectivity index is 2.13. The molecule has 1 aliphatic rings. The van der Waals surface area contributed by atoms with E-state index in [1.807, 2.05) is 0 Å². The van der Waals surface area contributed by atoms with Crippen LogP contribution in [-0.2, 0) is 0 Å². The maximum atomic E-state index is 12.2. The van der Waals surface area contributed by atoms with Crippen molar-refractivity contribution in [3.63, 3.8) is 0 Å². The molecule has 5 heteroatoms. The number of ether oxygens (including phenoxy) is 2. The zero-order valence-electron chi connectivity index (χ0n) is 11.0. The second-order valence-electron chi connectivity index (χ2n) is 4.57. The number of nitrogens with zero attached hydrogens (tertiary/aromatic N) is 2. The molecule has 1 aromatic carbocycles. The summed E-state index contributed by atoms with van der Waals surface area (Å²) in [5.74, 6) is 0.944. The summed E-state index contributed by atoms with van der Waals surface area (Å²) in [6.07, 6.45) is 0. The van der Waals surface area contributed by atoms with E-state index in [4.69, 9.17) is 14.7 Å². The van der Waals surface area contributed by atoms with Gasteiger partial charge in [-0.3, -0.25) is 4.79 Å². The van der Waals surface area contributed by atoms with E-state index in [9.17, 15) is 4.79 Å². The van der Waals surface area contributed by atoms with Gasteiger partial charge in [-0.25, -0.2) is 0 Å². The SMILES string of the molecule is CC(C#N)CN(C)C(=O)c1ccc2c(c1)OCCO2. The van der Waals surface area contributed by atoms with Crippen LogP contribution in [0.15, 0.2) is 18.2 Å². The fourth-order valence-corrected chi connectivity index (χ4v) is 1.93. The monoisotopic (exact) mass is 260 g/mol. The van der Waals surface area contributed by atoms with Gasteiger partial charge in [-0.1, -0.05) is 0 Å². The molecular formula is C14H16N2O3. The number of amides is 1. The number of rotatable bonds is 3. The molecule has 1 heterocycles. The van der Waals surface area contributed by atoms with Gasteiger partial charge in [0.25, 0.3) is 5.91 Å². The molecule has 0 saturated carbocycles. The lowest BCUT2D eigenvalue weighted by molar-refractivity contribution is 0.0784. The first-order valence-corrected chi connectivity index (χ1v) is 6.16. The minimum absolute atomic E-state index is 0.126. The molecule has 1 aliphatic heterocycles. The van der Waals surface area contributed by atoms with E-state index < -0.39 is 0 Å². The molecule has 0 fully saturated rings. The number of fused-ring (bicyclic) bond motifs is 1. The minimum Gasteiger partial charge on any atom is -0.486 e. The maximum absolute atomic E-state index is 12.2. The lowest BCUT2D eigenvalue weighted by atomic mass is 10.1. The average Bonchev–Trinajstić information content (AvgIpc) is 2.45. The standard InChI is InChI=1S/C14H16N2O3/c1-10(8-15)9-16(2)14(17)11-3-4-12-13(7-11)19-6-5-18-12/h3-4,7,10H,5-6,9H2,1-2H3. The van der Waals surface area contributed by atoms with Gasteiger partial charge in [-0.2, -0.15) is 5.26 Å². The molecule has 5 nitrogen and oxygen atoms in total. The van der Waals surface area contributed by atoms with E-state index >= 15 is 0 Å². The molecule has 0 bridgehead atoms. The van der Waals surface area contributed by atoms with E-state index in [-0.39, 0.29) is 11.8 Å². The van der Waals surface area contributed by atoms with Crippen molar-refractivity contribution >= 4 is 5.91 Å². The van der Waals surface area contributed by atoms with Crippen LogP contribution in [0.5, 0.6) is 11.5 Å². The Morgan fingerprint density at radius 3 is 2.79 bits per heavy atom. The van der Waals surface area contributed by atoms with E-state index in [0.29, 0.717) is 36.8 Å². The smallest absolute Gasteiger partial charge is 0.253 e. The van der Waals surface area contributed by atoms with E-state index in [2.05, 4.69) is 6.07 Å². The summed E-state index contributed by atoms with van der Waals surface area (Å²) in [6, 6.07) is 7.25. The Morgan fingerprint density at radius 2 is 2.11 bits per heavy atom. The van der Waals surface area contributed by atoms with Crippen LogP contribution in [0, 0.1) is 17.2 Å². The Bertz CT molecular complexity index is 522. The molecule has 2 rings (SSSR count). The van der Waals surface area contributed by atoms with Crippen molar-refractivity contribution in [2.45, 2.75) is 6.92 Å². The van der Waals surface area contributed by atoms with Gasteiger partial charge in [0.05, 0.1) is 12.0 Å². The van der Waals surface area contributed by atoms with Crippen LogP contribution >= 0.6 is 0 Å². The molecule has 0 N–H and O–H groups in total. The summed E-state index contributed by atoms with van der Waals surface area (Å²) >= 11 is 0. The molecule has 0 aliphatic carbocycles. The van der Waals surface area contributed by atoms with Gasteiger partial charge in [0.15, 0.2) is 11.5 Å². The van der Waals surface area contributed by atoms with Gasteiger partial charge in [-0.15, -0.1) is 0 Å². The number of carbonyl (C=O) groups excluding carboxylic acids is 1. The molecule has 0 saturated heterocycles. The molecule has 1 atom stereocenters. The first kappa shape index (κ1) is 13.2. The number of nitriles is 1. The van der Waals surface area contributed by atoms with Gasteiger partial charge in [0.2, 0.25) is 0 Å². The van der Waals surface area contributed by atoms with Crippen LogP contribution in [-0.4, -0.2) is 37.6 Å². The molecule has 1 aromatic rings. The lowest BCUT2D eigenvalue weighted by Crippen LogP contribution is -2.30. The molecule has 100 valence electrons. The third-order valence-corrected chi connectivity index (χ3v) is 2.90. The quantitative estimate of drug-likeness (QED) is 0.829. The number of hydrogen-bond acceptors (Lipinski definition) is 4. The Morgan fingerprint density at radius 1 is 1.42 bits per heavy atom. The first-order valence-electron chi connectivity index (χ1n) is 6.16. The molecule has 19 heavy (non-hydrogen) atoms. The highest BCUT2D eigenvalue weighted by Gasteiger charge is 2.18. The van der Waals surface area contributed by atoms with Gasteiger partial charge < -0.3 is 14.4 Å². The largest absolute Gasteiger partial charge is 0.486 e. The van der Waals surface area contributed by atoms with Crippen LogP contribution in [0.3, 0.4) is 0 Å². The molecule has 0 radical (unpaired) electrons. The Kier molecular flexibility index (Phi) is 3.91. The van der Waals surface area contributed by atoms with Crippen molar-refractivity contribution < 1.29 is 14.3 Å². The van der Waals surface area contributed by atoms with Crippen LogP contribution in [0.1, 0.15) is 17.3 Å². The fraction of sp³-hybridized carbons (Fsp3) is 0.429. The van der Waals surface area contributed by atoms with Crippen molar-refractivity contribution in [3.05, 3.63) is 23.8 Å². The summed E-state index contributed by atoms with van der Waals surface area (Å²) in [7, 11) is 1.69. The normalized spacial score (nSPS) is 14.4. The number of benzene rings is 1. The van der Waals surface area contributed by atoms with E-state index in [0.717, 1.165) is 0 Å². The van der Waals surface area contributed by atoms with Gasteiger partial charge in [0.1, 0.15) is 13.2 Å². The van der Waals surface area contributed by atoms with Crippen molar-refractivity contribution in [2.24, 2.45) is 5.92 Å². The third kappa shape index (κ3) is 2.97. The first-order chi connectivity index (χ1) is 9.11. The number of carbonyl (C=O) groups is 1. The van der Waals surface area contributed by atoms with Crippen LogP contribution in [0.2, 0.25) is 0 Å². The molecule has 0 aromatic heterocycles. The minimum atomic E-state index is -0.189. The van der Waals surface area contributed by atoms with E-state index in [1.165, 1.54) is 0 Å². The molecule has 1 amide bonds. The van der Waals surface area contributed by atoms with Crippen LogP contribution < -0.4 is 9.47 Å². The predicted octanol–water partition coefficient (Wildman–Crippen LogP) is 1.69. The summed E-state index contributed by atoms with van der Waals surface area (Å²) < 4.78 is 10.9. The second-order valence-corrected chi connectivity index (χ2v) is 4.57. The predicted molar refractivity (Wildman–Crippen MR) is 69.2 cm³/mol. The van der Waals surface area contributed by atoms with Gasteiger partial charge in [-0.05, 0) is 25.1 Å². The summed E-state index contributed by atoms with van der Waals surface area (Å²) in [6.45, 7) is 3.21. The molecule has 0 spiro atoms. The zero-order valence-corrected chi connectivity index (χ0v) is 11.0. The molecule has 1 unspecified atom stereocenters. The highest BCUT2D eigenvalue weighted by atomic mass is 16.6. The van der Waals surface area contributed by atoms with E-state index in [1.54, 1.807) is 37.1 Å². The Hall–Kier alpha value is -2.22. The maximum Gasteiger partial charge on any atom is 0.253 e. The summed E-state index contributed by atoms with van der Waals surface area (Å²) in [5, 5.41) is 8.77. The highest BCUT2D eigenvalue weighted by Crippen LogP contribution is 2.31. The van der Waals surface area contributed by atoms with Crippen molar-refractivity contribution in [1.29, 1.82) is 5.26 Å². The third-order valence-electron chi connectivity index (χ3n) is 2.90. The summed E-state index contributed by atoms with van der Waals surface area (Å²) in [4.78, 5) is 13.7. The molecular weight excluding hydrogens is 244 g/mol. The average molecular weight is 260 g/mol. The van der Waals surface area contributed by atoms with Crippen molar-refractivity contribution in [2.75, 3.05) is 26.8 Å². The summed E-state index contributed by atoms with van der Waals surface area (Å²) in [5.41, 5.74) is 0.539. The van der Waals surface area contributed by atoms with Crippen molar-refractivity contribution in [1.82, 2.24) is 4.90 Å². The van der Waals surface area contributed by atoms with Crippen LogP contribution in [0.25, 0.3) is 0 Å². The topological polar surface area (TPSA) is 62.6 Å². The van der Waals surface area contributed by atoms with Gasteiger partial charge >= 0.3 is 0 Å². The lowest BCUT2D eigenvalue weighted by Gasteiger charge is -2.21. The zero-order chi connectivity index (χ0) is 13.8. The number of hydrogen-bond donors (Lipinski definition) is 0. The van der Waals surface area contributed by atoms with Crippen molar-refractivity contribution in [3.8, 4) is 17.6 Å².